The summed E-state index contributed by atoms with van der Waals surface area (Å²) in [6.07, 6.45) is 2.28. The first-order valence-corrected chi connectivity index (χ1v) is 8.79. The summed E-state index contributed by atoms with van der Waals surface area (Å²) in [5, 5.41) is 12.0. The molecule has 0 radical (unpaired) electrons. The SMILES string of the molecule is CNc1cc(C2CCCN2Cc2cccc(OCCO)c2)nc(C)n1. The van der Waals surface area contributed by atoms with Gasteiger partial charge in [0.2, 0.25) is 0 Å². The number of hydrogen-bond acceptors (Lipinski definition) is 6. The lowest BCUT2D eigenvalue weighted by Gasteiger charge is -2.24. The van der Waals surface area contributed by atoms with Gasteiger partial charge in [-0.2, -0.15) is 0 Å². The van der Waals surface area contributed by atoms with E-state index in [0.717, 1.165) is 42.6 Å². The van der Waals surface area contributed by atoms with Crippen LogP contribution in [-0.2, 0) is 6.54 Å². The normalized spacial score (nSPS) is 17.6. The van der Waals surface area contributed by atoms with Gasteiger partial charge in [0.15, 0.2) is 0 Å². The highest BCUT2D eigenvalue weighted by atomic mass is 16.5. The number of aliphatic hydroxyl groups excluding tert-OH is 1. The predicted molar refractivity (Wildman–Crippen MR) is 97.7 cm³/mol. The second kappa shape index (κ2) is 8.27. The molecule has 2 heterocycles. The lowest BCUT2D eigenvalue weighted by Crippen LogP contribution is -2.24. The molecule has 6 nitrogen and oxygen atoms in total. The van der Waals surface area contributed by atoms with Gasteiger partial charge in [0, 0.05) is 19.7 Å². The van der Waals surface area contributed by atoms with Crippen LogP contribution in [0.4, 0.5) is 5.82 Å². The van der Waals surface area contributed by atoms with Gasteiger partial charge in [-0.15, -0.1) is 0 Å². The fourth-order valence-corrected chi connectivity index (χ4v) is 3.37. The smallest absolute Gasteiger partial charge is 0.129 e. The second-order valence-corrected chi connectivity index (χ2v) is 6.32. The van der Waals surface area contributed by atoms with Gasteiger partial charge in [0.1, 0.15) is 24.0 Å². The zero-order chi connectivity index (χ0) is 17.6. The van der Waals surface area contributed by atoms with E-state index >= 15 is 0 Å². The summed E-state index contributed by atoms with van der Waals surface area (Å²) in [6, 6.07) is 10.5. The van der Waals surface area contributed by atoms with Crippen LogP contribution in [0.15, 0.2) is 30.3 Å². The molecule has 1 aromatic carbocycles. The highest BCUT2D eigenvalue weighted by Gasteiger charge is 2.27. The number of nitrogens with zero attached hydrogens (tertiary/aromatic N) is 3. The molecule has 0 aliphatic carbocycles. The zero-order valence-electron chi connectivity index (χ0n) is 14.9. The van der Waals surface area contributed by atoms with Crippen LogP contribution >= 0.6 is 0 Å². The Balaban J connectivity index is 1.75. The molecule has 134 valence electrons. The molecular weight excluding hydrogens is 316 g/mol. The van der Waals surface area contributed by atoms with Crippen molar-refractivity contribution in [2.75, 3.05) is 32.1 Å². The van der Waals surface area contributed by atoms with Gasteiger partial charge in [-0.25, -0.2) is 9.97 Å². The second-order valence-electron chi connectivity index (χ2n) is 6.32. The molecular formula is C19H26N4O2. The van der Waals surface area contributed by atoms with E-state index in [4.69, 9.17) is 9.84 Å². The topological polar surface area (TPSA) is 70.5 Å². The molecule has 0 amide bonds. The Bertz CT molecular complexity index is 708. The van der Waals surface area contributed by atoms with Crippen molar-refractivity contribution in [2.24, 2.45) is 0 Å². The van der Waals surface area contributed by atoms with E-state index in [1.807, 2.05) is 26.1 Å². The van der Waals surface area contributed by atoms with Crippen molar-refractivity contribution in [2.45, 2.75) is 32.4 Å². The number of likely N-dealkylation sites (tertiary alicyclic amines) is 1. The zero-order valence-corrected chi connectivity index (χ0v) is 14.9. The lowest BCUT2D eigenvalue weighted by atomic mass is 10.1. The number of ether oxygens (including phenoxy) is 1. The molecule has 1 aliphatic rings. The third kappa shape index (κ3) is 4.46. The molecule has 1 aromatic heterocycles. The number of rotatable bonds is 7. The maximum Gasteiger partial charge on any atom is 0.129 e. The summed E-state index contributed by atoms with van der Waals surface area (Å²) in [4.78, 5) is 11.5. The highest BCUT2D eigenvalue weighted by Crippen LogP contribution is 2.33. The summed E-state index contributed by atoms with van der Waals surface area (Å²) < 4.78 is 5.52. The number of aryl methyl sites for hydroxylation is 1. The fourth-order valence-electron chi connectivity index (χ4n) is 3.37. The third-order valence-electron chi connectivity index (χ3n) is 4.46. The average Bonchev–Trinajstić information content (AvgIpc) is 3.08. The summed E-state index contributed by atoms with van der Waals surface area (Å²) in [5.41, 5.74) is 2.30. The Hall–Kier alpha value is -2.18. The first-order chi connectivity index (χ1) is 12.2. The Morgan fingerprint density at radius 2 is 2.20 bits per heavy atom. The Labute approximate surface area is 148 Å². The molecule has 1 unspecified atom stereocenters. The van der Waals surface area contributed by atoms with Crippen LogP contribution < -0.4 is 10.1 Å². The van der Waals surface area contributed by atoms with Crippen LogP contribution in [0, 0.1) is 6.92 Å². The highest BCUT2D eigenvalue weighted by molar-refractivity contribution is 5.36. The summed E-state index contributed by atoms with van der Waals surface area (Å²) >= 11 is 0. The molecule has 25 heavy (non-hydrogen) atoms. The first kappa shape index (κ1) is 17.6. The molecule has 6 heteroatoms. The van der Waals surface area contributed by atoms with Gasteiger partial charge in [-0.05, 0) is 44.0 Å². The van der Waals surface area contributed by atoms with Gasteiger partial charge in [-0.3, -0.25) is 4.90 Å². The Morgan fingerprint density at radius 3 is 3.00 bits per heavy atom. The Morgan fingerprint density at radius 1 is 1.32 bits per heavy atom. The van der Waals surface area contributed by atoms with E-state index in [1.165, 1.54) is 12.0 Å². The largest absolute Gasteiger partial charge is 0.491 e. The molecule has 0 saturated carbocycles. The van der Waals surface area contributed by atoms with Crippen LogP contribution in [0.3, 0.4) is 0 Å². The minimum atomic E-state index is 0.0271. The average molecular weight is 342 g/mol. The van der Waals surface area contributed by atoms with Gasteiger partial charge < -0.3 is 15.2 Å². The number of aromatic nitrogens is 2. The lowest BCUT2D eigenvalue weighted by molar-refractivity contribution is 0.200. The predicted octanol–water partition coefficient (Wildman–Crippen LogP) is 2.53. The van der Waals surface area contributed by atoms with Crippen molar-refractivity contribution in [3.8, 4) is 5.75 Å². The third-order valence-corrected chi connectivity index (χ3v) is 4.46. The number of aliphatic hydroxyl groups is 1. The summed E-state index contributed by atoms with van der Waals surface area (Å²) in [7, 11) is 1.88. The fraction of sp³-hybridized carbons (Fsp3) is 0.474. The van der Waals surface area contributed by atoms with Crippen LogP contribution in [-0.4, -0.2) is 46.8 Å². The van der Waals surface area contributed by atoms with Gasteiger partial charge in [0.25, 0.3) is 0 Å². The van der Waals surface area contributed by atoms with E-state index < -0.39 is 0 Å². The van der Waals surface area contributed by atoms with Crippen molar-refractivity contribution in [3.05, 3.63) is 47.4 Å². The number of benzene rings is 1. The van der Waals surface area contributed by atoms with Gasteiger partial charge in [-0.1, -0.05) is 12.1 Å². The van der Waals surface area contributed by atoms with Crippen molar-refractivity contribution in [1.82, 2.24) is 14.9 Å². The van der Waals surface area contributed by atoms with E-state index in [2.05, 4.69) is 38.4 Å². The van der Waals surface area contributed by atoms with Crippen molar-refractivity contribution < 1.29 is 9.84 Å². The molecule has 1 fully saturated rings. The van der Waals surface area contributed by atoms with E-state index in [1.54, 1.807) is 0 Å². The molecule has 0 bridgehead atoms. The van der Waals surface area contributed by atoms with Crippen LogP contribution in [0.5, 0.6) is 5.75 Å². The summed E-state index contributed by atoms with van der Waals surface area (Å²) in [5.74, 6) is 2.47. The van der Waals surface area contributed by atoms with E-state index in [-0.39, 0.29) is 6.61 Å². The number of hydrogen-bond donors (Lipinski definition) is 2. The number of anilines is 1. The molecule has 3 rings (SSSR count). The molecule has 2 N–H and O–H groups in total. The minimum absolute atomic E-state index is 0.0271. The molecule has 0 spiro atoms. The van der Waals surface area contributed by atoms with Crippen molar-refractivity contribution in [1.29, 1.82) is 0 Å². The van der Waals surface area contributed by atoms with Crippen molar-refractivity contribution >= 4 is 5.82 Å². The van der Waals surface area contributed by atoms with Gasteiger partial charge >= 0.3 is 0 Å². The maximum atomic E-state index is 8.90. The van der Waals surface area contributed by atoms with Crippen molar-refractivity contribution in [3.63, 3.8) is 0 Å². The molecule has 1 atom stereocenters. The van der Waals surface area contributed by atoms with Gasteiger partial charge in [0.05, 0.1) is 18.3 Å². The minimum Gasteiger partial charge on any atom is -0.491 e. The first-order valence-electron chi connectivity index (χ1n) is 8.79. The van der Waals surface area contributed by atoms with E-state index in [0.29, 0.717) is 12.6 Å². The van der Waals surface area contributed by atoms with E-state index in [9.17, 15) is 0 Å². The number of nitrogens with one attached hydrogen (secondary N) is 1. The molecule has 1 aliphatic heterocycles. The Kier molecular flexibility index (Phi) is 5.83. The summed E-state index contributed by atoms with van der Waals surface area (Å²) in [6.45, 7) is 4.21. The van der Waals surface area contributed by atoms with Crippen LogP contribution in [0.2, 0.25) is 0 Å². The maximum absolute atomic E-state index is 8.90. The standard InChI is InChI=1S/C19H26N4O2/c1-14-21-17(12-19(20-2)22-14)18-7-4-8-23(18)13-15-5-3-6-16(11-15)25-10-9-24/h3,5-6,11-12,18,24H,4,7-10,13H2,1-2H3,(H,20,21,22). The molecule has 2 aromatic rings. The van der Waals surface area contributed by atoms with Crippen LogP contribution in [0.1, 0.15) is 36.0 Å². The van der Waals surface area contributed by atoms with Crippen LogP contribution in [0.25, 0.3) is 0 Å². The quantitative estimate of drug-likeness (QED) is 0.806. The monoisotopic (exact) mass is 342 g/mol. The molecule has 1 saturated heterocycles.